The first-order valence-corrected chi connectivity index (χ1v) is 5.99. The van der Waals surface area contributed by atoms with Crippen molar-refractivity contribution < 1.29 is 9.59 Å². The van der Waals surface area contributed by atoms with Crippen LogP contribution in [-0.2, 0) is 9.59 Å². The number of likely N-dealkylation sites (N-methyl/N-ethyl adjacent to an activating group) is 1. The molecule has 0 spiro atoms. The Kier molecular flexibility index (Phi) is 2.70. The first-order valence-electron chi connectivity index (χ1n) is 4.47. The van der Waals surface area contributed by atoms with Gasteiger partial charge in [0.15, 0.2) is 0 Å². The first-order chi connectivity index (χ1) is 5.95. The maximum Gasteiger partial charge on any atom is 0.256 e. The van der Waals surface area contributed by atoms with Crippen molar-refractivity contribution >= 4 is 21.3 Å². The Morgan fingerprint density at radius 3 is 2.08 bits per heavy atom. The molecule has 0 radical (unpaired) electrons. The number of carbonyl (C=O) groups excluding carboxylic acids is 2. The number of amides is 2. The second-order valence-electron chi connectivity index (χ2n) is 3.87. The zero-order valence-corrected chi connectivity index (χ0v) is 9.96. The highest BCUT2D eigenvalue weighted by atomic mass is 28.2. The summed E-state index contributed by atoms with van der Waals surface area (Å²) in [5, 5.41) is 0.822. The van der Waals surface area contributed by atoms with Crippen molar-refractivity contribution in [3.63, 3.8) is 0 Å². The largest absolute Gasteiger partial charge is 0.278 e. The molecule has 2 amide bonds. The summed E-state index contributed by atoms with van der Waals surface area (Å²) in [5.41, 5.74) is 1.22. The fourth-order valence-electron chi connectivity index (χ4n) is 1.48. The second kappa shape index (κ2) is 3.45. The summed E-state index contributed by atoms with van der Waals surface area (Å²) in [5.74, 6) is -0.184. The topological polar surface area (TPSA) is 37.4 Å². The molecule has 4 heteroatoms. The van der Waals surface area contributed by atoms with Crippen molar-refractivity contribution in [1.82, 2.24) is 4.90 Å². The zero-order valence-electron chi connectivity index (χ0n) is 8.55. The molecule has 13 heavy (non-hydrogen) atoms. The molecule has 0 aliphatic carbocycles. The van der Waals surface area contributed by atoms with Gasteiger partial charge in [0.25, 0.3) is 11.8 Å². The molecule has 0 aromatic rings. The van der Waals surface area contributed by atoms with Crippen LogP contribution in [-0.4, -0.2) is 33.3 Å². The summed E-state index contributed by atoms with van der Waals surface area (Å²) < 4.78 is 0. The summed E-state index contributed by atoms with van der Waals surface area (Å²) >= 11 is 0. The summed E-state index contributed by atoms with van der Waals surface area (Å²) in [6.07, 6.45) is 0. The Balaban J connectivity index is 2.94. The van der Waals surface area contributed by atoms with E-state index in [1.165, 1.54) is 4.90 Å². The van der Waals surface area contributed by atoms with Crippen molar-refractivity contribution in [3.8, 4) is 0 Å². The minimum absolute atomic E-state index is 0.0668. The third-order valence-corrected chi connectivity index (χ3v) is 4.31. The molecular weight excluding hydrogens is 182 g/mol. The van der Waals surface area contributed by atoms with Crippen LogP contribution in [0.2, 0.25) is 5.54 Å². The lowest BCUT2D eigenvalue weighted by atomic mass is 10.3. The highest BCUT2D eigenvalue weighted by Gasteiger charge is 2.32. The highest BCUT2D eigenvalue weighted by molar-refractivity contribution is 6.58. The Morgan fingerprint density at radius 1 is 1.23 bits per heavy atom. The highest BCUT2D eigenvalue weighted by Crippen LogP contribution is 2.20. The molecule has 3 nitrogen and oxygen atoms in total. The molecule has 1 heterocycles. The average Bonchev–Trinajstić information content (AvgIpc) is 2.22. The van der Waals surface area contributed by atoms with E-state index in [1.807, 2.05) is 0 Å². The van der Waals surface area contributed by atoms with Crippen LogP contribution in [0.1, 0.15) is 20.8 Å². The quantitative estimate of drug-likeness (QED) is 0.470. The smallest absolute Gasteiger partial charge is 0.256 e. The molecule has 0 unspecified atom stereocenters. The van der Waals surface area contributed by atoms with Crippen LogP contribution in [0.15, 0.2) is 10.8 Å². The number of nitrogens with zero attached hydrogens (tertiary/aromatic N) is 1. The standard InChI is InChI=1S/C9H15NO2Si/c1-5(2)13-7-6(3)8(11)10(4)9(7)12/h5H,13H2,1-4H3. The SMILES string of the molecule is CC1=C([SiH2]C(C)C)C(=O)N(C)C1=O. The van der Waals surface area contributed by atoms with Gasteiger partial charge in [-0.05, 0) is 6.92 Å². The molecule has 1 rings (SSSR count). The minimum Gasteiger partial charge on any atom is -0.278 e. The zero-order chi connectivity index (χ0) is 10.2. The van der Waals surface area contributed by atoms with E-state index in [9.17, 15) is 9.59 Å². The molecule has 0 N–H and O–H groups in total. The van der Waals surface area contributed by atoms with Crippen molar-refractivity contribution in [2.75, 3.05) is 7.05 Å². The van der Waals surface area contributed by atoms with E-state index in [1.54, 1.807) is 14.0 Å². The van der Waals surface area contributed by atoms with Crippen LogP contribution in [0.3, 0.4) is 0 Å². The van der Waals surface area contributed by atoms with Crippen LogP contribution in [0.4, 0.5) is 0 Å². The van der Waals surface area contributed by atoms with E-state index < -0.39 is 9.52 Å². The number of carbonyl (C=O) groups is 2. The van der Waals surface area contributed by atoms with Gasteiger partial charge in [0.05, 0.1) is 9.52 Å². The van der Waals surface area contributed by atoms with Gasteiger partial charge in [0.2, 0.25) is 0 Å². The molecule has 0 atom stereocenters. The number of hydrogen-bond acceptors (Lipinski definition) is 2. The predicted molar refractivity (Wildman–Crippen MR) is 54.1 cm³/mol. The third-order valence-electron chi connectivity index (χ3n) is 2.25. The maximum absolute atomic E-state index is 11.5. The van der Waals surface area contributed by atoms with Gasteiger partial charge in [-0.2, -0.15) is 0 Å². The van der Waals surface area contributed by atoms with Crippen LogP contribution in [0, 0.1) is 0 Å². The predicted octanol–water partition coefficient (Wildman–Crippen LogP) is 0.256. The third kappa shape index (κ3) is 1.72. The molecular formula is C9H15NO2Si. The normalized spacial score (nSPS) is 19.0. The van der Waals surface area contributed by atoms with E-state index in [0.717, 1.165) is 5.20 Å². The number of hydrogen-bond donors (Lipinski definition) is 0. The minimum atomic E-state index is -0.568. The van der Waals surface area contributed by atoms with Crippen molar-refractivity contribution in [2.24, 2.45) is 0 Å². The van der Waals surface area contributed by atoms with Gasteiger partial charge in [0.1, 0.15) is 0 Å². The molecule has 1 aliphatic heterocycles. The molecule has 0 saturated carbocycles. The molecule has 0 bridgehead atoms. The fraction of sp³-hybridized carbons (Fsp3) is 0.556. The van der Waals surface area contributed by atoms with Crippen molar-refractivity contribution in [3.05, 3.63) is 10.8 Å². The summed E-state index contributed by atoms with van der Waals surface area (Å²) in [4.78, 5) is 24.1. The molecule has 0 aromatic heterocycles. The van der Waals surface area contributed by atoms with Crippen LogP contribution >= 0.6 is 0 Å². The van der Waals surface area contributed by atoms with E-state index in [2.05, 4.69) is 13.8 Å². The maximum atomic E-state index is 11.5. The Labute approximate surface area is 80.6 Å². The lowest BCUT2D eigenvalue weighted by Gasteiger charge is -2.07. The molecule has 0 saturated heterocycles. The van der Waals surface area contributed by atoms with Gasteiger partial charge in [-0.1, -0.05) is 19.4 Å². The van der Waals surface area contributed by atoms with Crippen LogP contribution < -0.4 is 0 Å². The van der Waals surface area contributed by atoms with Gasteiger partial charge >= 0.3 is 0 Å². The summed E-state index contributed by atoms with van der Waals surface area (Å²) in [7, 11) is 0.983. The van der Waals surface area contributed by atoms with E-state index in [-0.39, 0.29) is 11.8 Å². The summed E-state index contributed by atoms with van der Waals surface area (Å²) in [6, 6.07) is 0. The summed E-state index contributed by atoms with van der Waals surface area (Å²) in [6.45, 7) is 5.96. The first kappa shape index (κ1) is 10.2. The van der Waals surface area contributed by atoms with Gasteiger partial charge in [-0.15, -0.1) is 0 Å². The van der Waals surface area contributed by atoms with E-state index >= 15 is 0 Å². The van der Waals surface area contributed by atoms with Crippen molar-refractivity contribution in [2.45, 2.75) is 26.3 Å². The van der Waals surface area contributed by atoms with Gasteiger partial charge in [0, 0.05) is 17.8 Å². The molecule has 0 aromatic carbocycles. The Morgan fingerprint density at radius 2 is 1.77 bits per heavy atom. The fourth-order valence-corrected chi connectivity index (χ4v) is 3.17. The van der Waals surface area contributed by atoms with Gasteiger partial charge < -0.3 is 0 Å². The second-order valence-corrected chi connectivity index (χ2v) is 6.62. The van der Waals surface area contributed by atoms with Crippen LogP contribution in [0.25, 0.3) is 0 Å². The molecule has 72 valence electrons. The number of imide groups is 1. The number of rotatable bonds is 2. The molecule has 0 fully saturated rings. The van der Waals surface area contributed by atoms with Gasteiger partial charge in [-0.25, -0.2) is 0 Å². The van der Waals surface area contributed by atoms with E-state index in [4.69, 9.17) is 0 Å². The molecule has 1 aliphatic rings. The van der Waals surface area contributed by atoms with E-state index in [0.29, 0.717) is 11.1 Å². The van der Waals surface area contributed by atoms with Crippen LogP contribution in [0.5, 0.6) is 0 Å². The van der Waals surface area contributed by atoms with Gasteiger partial charge in [-0.3, -0.25) is 14.5 Å². The Bertz CT molecular complexity index is 294. The lowest BCUT2D eigenvalue weighted by Crippen LogP contribution is -2.27. The lowest BCUT2D eigenvalue weighted by molar-refractivity contribution is -0.135. The Hall–Kier alpha value is -0.903. The van der Waals surface area contributed by atoms with Crippen molar-refractivity contribution in [1.29, 1.82) is 0 Å². The average molecular weight is 197 g/mol. The monoisotopic (exact) mass is 197 g/mol.